The van der Waals surface area contributed by atoms with Crippen LogP contribution in [0, 0.1) is 6.92 Å². The molecule has 8 nitrogen and oxygen atoms in total. The van der Waals surface area contributed by atoms with Crippen molar-refractivity contribution in [2.24, 2.45) is 8.80 Å². The van der Waals surface area contributed by atoms with Gasteiger partial charge in [-0.05, 0) is 37.8 Å². The third kappa shape index (κ3) is 8.61. The Morgan fingerprint density at radius 2 is 1.81 bits per heavy atom. The molecule has 0 aromatic carbocycles. The van der Waals surface area contributed by atoms with E-state index in [0.29, 0.717) is 17.0 Å². The molecule has 114 valence electrons. The first-order valence-electron chi connectivity index (χ1n) is 5.41. The van der Waals surface area contributed by atoms with Gasteiger partial charge in [0.25, 0.3) is 12.2 Å². The standard InChI is InChI=1S/C9H12O2S.C2N2O4S/c1-6(2)11-9(10)8-4-7(3)5-12-8;5-1-3-9(7,8)4-2-6/h4-6H,1-3H3;. The van der Waals surface area contributed by atoms with Crippen LogP contribution >= 0.6 is 11.3 Å². The monoisotopic (exact) mass is 332 g/mol. The topological polar surface area (TPSA) is 119 Å². The van der Waals surface area contributed by atoms with E-state index in [2.05, 4.69) is 8.80 Å². The molecule has 0 aliphatic carbocycles. The molecule has 21 heavy (non-hydrogen) atoms. The molecule has 0 fully saturated rings. The number of esters is 1. The van der Waals surface area contributed by atoms with Gasteiger partial charge in [0.2, 0.25) is 0 Å². The lowest BCUT2D eigenvalue weighted by molar-refractivity contribution is 0.0383. The summed E-state index contributed by atoms with van der Waals surface area (Å²) in [6, 6.07) is 1.84. The number of ether oxygens (including phenoxy) is 1. The van der Waals surface area contributed by atoms with Crippen LogP contribution < -0.4 is 0 Å². The number of rotatable bonds is 4. The fraction of sp³-hybridized carbons (Fsp3) is 0.364. The van der Waals surface area contributed by atoms with Crippen LogP contribution in [0.25, 0.3) is 0 Å². The number of nitrogens with zero attached hydrogens (tertiary/aromatic N) is 2. The molecule has 1 aromatic heterocycles. The number of hydrogen-bond donors (Lipinski definition) is 0. The van der Waals surface area contributed by atoms with Gasteiger partial charge in [0.15, 0.2) is 0 Å². The summed E-state index contributed by atoms with van der Waals surface area (Å²) in [4.78, 5) is 30.4. The Kier molecular flexibility index (Phi) is 8.03. The molecule has 0 radical (unpaired) electrons. The lowest BCUT2D eigenvalue weighted by atomic mass is 10.3. The van der Waals surface area contributed by atoms with Crippen molar-refractivity contribution in [1.82, 2.24) is 0 Å². The summed E-state index contributed by atoms with van der Waals surface area (Å²) < 4.78 is 29.3. The van der Waals surface area contributed by atoms with Crippen LogP contribution in [0.15, 0.2) is 20.2 Å². The molecule has 0 aliphatic rings. The maximum Gasteiger partial charge on any atom is 0.383 e. The molecule has 0 saturated carbocycles. The summed E-state index contributed by atoms with van der Waals surface area (Å²) in [5.41, 5.74) is 1.11. The number of hydrogen-bond acceptors (Lipinski definition) is 7. The van der Waals surface area contributed by atoms with E-state index >= 15 is 0 Å². The Hall–Kier alpha value is -2.12. The quantitative estimate of drug-likeness (QED) is 0.468. The summed E-state index contributed by atoms with van der Waals surface area (Å²) >= 11 is 1.43. The van der Waals surface area contributed by atoms with Crippen molar-refractivity contribution >= 4 is 39.7 Å². The highest BCUT2D eigenvalue weighted by Gasteiger charge is 2.10. The summed E-state index contributed by atoms with van der Waals surface area (Å²) in [6.07, 6.45) is 1.37. The molecular formula is C11H12N2O6S2. The third-order valence-electron chi connectivity index (χ3n) is 1.58. The number of isocyanates is 2. The predicted octanol–water partition coefficient (Wildman–Crippen LogP) is 1.52. The lowest BCUT2D eigenvalue weighted by Crippen LogP contribution is -2.09. The fourth-order valence-corrected chi connectivity index (χ4v) is 1.93. The highest BCUT2D eigenvalue weighted by atomic mass is 32.2. The van der Waals surface area contributed by atoms with Gasteiger partial charge in [0.05, 0.1) is 6.10 Å². The normalized spacial score (nSPS) is 9.71. The third-order valence-corrected chi connectivity index (χ3v) is 3.22. The lowest BCUT2D eigenvalue weighted by Gasteiger charge is -2.05. The molecule has 0 spiro atoms. The Bertz CT molecular complexity index is 655. The van der Waals surface area contributed by atoms with Gasteiger partial charge in [-0.3, -0.25) is 0 Å². The highest BCUT2D eigenvalue weighted by Crippen LogP contribution is 2.15. The van der Waals surface area contributed by atoms with E-state index in [0.717, 1.165) is 5.56 Å². The smallest absolute Gasteiger partial charge is 0.383 e. The predicted molar refractivity (Wildman–Crippen MR) is 74.8 cm³/mol. The summed E-state index contributed by atoms with van der Waals surface area (Å²) in [5.74, 6) is -0.219. The van der Waals surface area contributed by atoms with Gasteiger partial charge in [-0.1, -0.05) is 8.80 Å². The van der Waals surface area contributed by atoms with Gasteiger partial charge in [-0.15, -0.1) is 11.3 Å². The minimum atomic E-state index is -4.28. The molecule has 0 saturated heterocycles. The summed E-state index contributed by atoms with van der Waals surface area (Å²) in [5, 5.41) is 1.94. The number of thiophene rings is 1. The van der Waals surface area contributed by atoms with Gasteiger partial charge in [-0.25, -0.2) is 14.4 Å². The second-order valence-corrected chi connectivity index (χ2v) is 5.93. The van der Waals surface area contributed by atoms with Crippen LogP contribution in [0.1, 0.15) is 29.1 Å². The highest BCUT2D eigenvalue weighted by molar-refractivity contribution is 7.89. The van der Waals surface area contributed by atoms with Crippen LogP contribution in [0.5, 0.6) is 0 Å². The van der Waals surface area contributed by atoms with E-state index in [1.807, 2.05) is 32.2 Å². The molecule has 0 N–H and O–H groups in total. The van der Waals surface area contributed by atoms with Crippen LogP contribution in [-0.2, 0) is 24.5 Å². The van der Waals surface area contributed by atoms with E-state index in [-0.39, 0.29) is 12.1 Å². The number of carbonyl (C=O) groups excluding carboxylic acids is 3. The molecule has 1 aromatic rings. The van der Waals surface area contributed by atoms with Crippen molar-refractivity contribution in [3.8, 4) is 0 Å². The zero-order valence-corrected chi connectivity index (χ0v) is 13.0. The van der Waals surface area contributed by atoms with E-state index in [1.54, 1.807) is 0 Å². The second-order valence-electron chi connectivity index (χ2n) is 3.76. The van der Waals surface area contributed by atoms with E-state index in [4.69, 9.17) is 4.74 Å². The maximum absolute atomic E-state index is 11.3. The molecule has 0 bridgehead atoms. The van der Waals surface area contributed by atoms with E-state index < -0.39 is 10.2 Å². The first kappa shape index (κ1) is 18.9. The molecule has 0 aliphatic heterocycles. The average Bonchev–Trinajstić information content (AvgIpc) is 2.75. The Balaban J connectivity index is 0.000000400. The zero-order valence-electron chi connectivity index (χ0n) is 11.4. The van der Waals surface area contributed by atoms with Gasteiger partial charge < -0.3 is 4.74 Å². The van der Waals surface area contributed by atoms with Crippen molar-refractivity contribution in [2.45, 2.75) is 26.9 Å². The van der Waals surface area contributed by atoms with Gasteiger partial charge in [0.1, 0.15) is 4.88 Å². The minimum absolute atomic E-state index is 0.0418. The second kappa shape index (κ2) is 8.93. The van der Waals surface area contributed by atoms with E-state index in [1.165, 1.54) is 11.3 Å². The molecule has 1 rings (SSSR count). The molecule has 0 unspecified atom stereocenters. The fourth-order valence-electron chi connectivity index (χ4n) is 0.925. The van der Waals surface area contributed by atoms with Gasteiger partial charge in [0, 0.05) is 0 Å². The van der Waals surface area contributed by atoms with Crippen molar-refractivity contribution in [2.75, 3.05) is 0 Å². The van der Waals surface area contributed by atoms with E-state index in [9.17, 15) is 22.8 Å². The van der Waals surface area contributed by atoms with Crippen LogP contribution in [-0.4, -0.2) is 32.7 Å². The largest absolute Gasteiger partial charge is 0.459 e. The number of aryl methyl sites for hydroxylation is 1. The summed E-state index contributed by atoms with van der Waals surface area (Å²) in [7, 11) is -4.28. The SMILES string of the molecule is Cc1csc(C(=O)OC(C)C)c1.O=C=NS(=O)(=O)N=C=O. The van der Waals surface area contributed by atoms with Gasteiger partial charge >= 0.3 is 16.2 Å². The molecule has 0 amide bonds. The summed E-state index contributed by atoms with van der Waals surface area (Å²) in [6.45, 7) is 5.65. The Morgan fingerprint density at radius 3 is 2.14 bits per heavy atom. The average molecular weight is 332 g/mol. The Morgan fingerprint density at radius 1 is 1.29 bits per heavy atom. The molecular weight excluding hydrogens is 320 g/mol. The molecule has 10 heteroatoms. The van der Waals surface area contributed by atoms with Crippen molar-refractivity contribution in [3.63, 3.8) is 0 Å². The van der Waals surface area contributed by atoms with Crippen LogP contribution in [0.2, 0.25) is 0 Å². The zero-order chi connectivity index (χ0) is 16.5. The van der Waals surface area contributed by atoms with Crippen molar-refractivity contribution in [3.05, 3.63) is 21.9 Å². The number of carbonyl (C=O) groups is 1. The molecule has 0 atom stereocenters. The Labute approximate surface area is 125 Å². The van der Waals surface area contributed by atoms with Crippen molar-refractivity contribution < 1.29 is 27.5 Å². The first-order chi connectivity index (χ1) is 9.71. The van der Waals surface area contributed by atoms with Crippen LogP contribution in [0.4, 0.5) is 0 Å². The van der Waals surface area contributed by atoms with Crippen LogP contribution in [0.3, 0.4) is 0 Å². The van der Waals surface area contributed by atoms with Crippen molar-refractivity contribution in [1.29, 1.82) is 0 Å². The minimum Gasteiger partial charge on any atom is -0.459 e. The van der Waals surface area contributed by atoms with Gasteiger partial charge in [-0.2, -0.15) is 8.42 Å². The maximum atomic E-state index is 11.3. The molecule has 1 heterocycles. The first-order valence-corrected chi connectivity index (χ1v) is 7.69.